The average Bonchev–Trinajstić information content (AvgIpc) is 3.12. The first-order valence-corrected chi connectivity index (χ1v) is 10.7. The second kappa shape index (κ2) is 9.62. The van der Waals surface area contributed by atoms with Crippen molar-refractivity contribution in [3.05, 3.63) is 112 Å². The minimum atomic E-state index is -0.199. The number of benzene rings is 3. The number of anilines is 1. The zero-order valence-electron chi connectivity index (χ0n) is 17.1. The first-order valence-electron chi connectivity index (χ1n) is 9.94. The van der Waals surface area contributed by atoms with Crippen molar-refractivity contribution in [2.75, 3.05) is 5.32 Å². The van der Waals surface area contributed by atoms with Gasteiger partial charge < -0.3 is 10.1 Å². The third-order valence-corrected chi connectivity index (χ3v) is 5.33. The van der Waals surface area contributed by atoms with Crippen LogP contribution in [0.5, 0.6) is 5.75 Å². The number of halogens is 1. The van der Waals surface area contributed by atoms with Crippen LogP contribution < -0.4 is 10.1 Å². The van der Waals surface area contributed by atoms with Gasteiger partial charge in [-0.15, -0.1) is 0 Å². The van der Waals surface area contributed by atoms with Gasteiger partial charge in [0.2, 0.25) is 0 Å². The van der Waals surface area contributed by atoms with Crippen molar-refractivity contribution in [3.63, 3.8) is 0 Å². The van der Waals surface area contributed by atoms with Gasteiger partial charge in [0, 0.05) is 21.8 Å². The predicted molar refractivity (Wildman–Crippen MR) is 125 cm³/mol. The van der Waals surface area contributed by atoms with E-state index in [-0.39, 0.29) is 5.91 Å². The van der Waals surface area contributed by atoms with Gasteiger partial charge in [0.15, 0.2) is 5.82 Å². The molecule has 1 aromatic heterocycles. The lowest BCUT2D eigenvalue weighted by molar-refractivity contribution is 0.102. The van der Waals surface area contributed by atoms with Gasteiger partial charge in [0.05, 0.1) is 6.54 Å². The summed E-state index contributed by atoms with van der Waals surface area (Å²) in [5.41, 5.74) is 3.62. The Morgan fingerprint density at radius 1 is 0.968 bits per heavy atom. The molecular formula is C25H22BrN3O2. The Hall–Kier alpha value is -3.38. The summed E-state index contributed by atoms with van der Waals surface area (Å²) in [5.74, 6) is 1.11. The molecule has 4 aromatic rings. The molecule has 31 heavy (non-hydrogen) atoms. The molecule has 0 aliphatic carbocycles. The number of hydrogen-bond acceptors (Lipinski definition) is 3. The van der Waals surface area contributed by atoms with E-state index in [9.17, 15) is 4.79 Å². The average molecular weight is 476 g/mol. The molecule has 1 N–H and O–H groups in total. The number of aryl methyl sites for hydroxylation is 1. The number of hydrogen-bond donors (Lipinski definition) is 1. The predicted octanol–water partition coefficient (Wildman–Crippen LogP) is 5.83. The fourth-order valence-electron chi connectivity index (χ4n) is 3.18. The van der Waals surface area contributed by atoms with Crippen LogP contribution in [-0.4, -0.2) is 15.7 Å². The molecule has 3 aromatic carbocycles. The van der Waals surface area contributed by atoms with Crippen molar-refractivity contribution in [2.45, 2.75) is 20.1 Å². The molecule has 0 aliphatic heterocycles. The maximum atomic E-state index is 12.8. The molecule has 6 heteroatoms. The lowest BCUT2D eigenvalue weighted by Crippen LogP contribution is -2.13. The molecule has 0 aliphatic rings. The minimum Gasteiger partial charge on any atom is -0.489 e. The molecule has 156 valence electrons. The van der Waals surface area contributed by atoms with Crippen LogP contribution in [0.1, 0.15) is 27.2 Å². The number of carbonyl (C=O) groups excluding carboxylic acids is 1. The molecule has 0 fully saturated rings. The lowest BCUT2D eigenvalue weighted by Gasteiger charge is -2.08. The number of ether oxygens (including phenoxy) is 1. The van der Waals surface area contributed by atoms with Gasteiger partial charge in [-0.2, -0.15) is 5.10 Å². The number of aromatic nitrogens is 2. The normalized spacial score (nSPS) is 10.6. The van der Waals surface area contributed by atoms with Crippen LogP contribution in [0, 0.1) is 6.92 Å². The molecule has 0 radical (unpaired) electrons. The van der Waals surface area contributed by atoms with Gasteiger partial charge in [-0.3, -0.25) is 9.48 Å². The third kappa shape index (κ3) is 5.61. The molecule has 1 amide bonds. The number of carbonyl (C=O) groups is 1. The van der Waals surface area contributed by atoms with Crippen LogP contribution in [0.3, 0.4) is 0 Å². The van der Waals surface area contributed by atoms with E-state index in [1.54, 1.807) is 6.07 Å². The maximum absolute atomic E-state index is 12.8. The van der Waals surface area contributed by atoms with Crippen LogP contribution in [0.15, 0.2) is 89.4 Å². The summed E-state index contributed by atoms with van der Waals surface area (Å²) in [5, 5.41) is 7.43. The Morgan fingerprint density at radius 2 is 1.71 bits per heavy atom. The van der Waals surface area contributed by atoms with E-state index < -0.39 is 0 Å². The first kappa shape index (κ1) is 20.9. The van der Waals surface area contributed by atoms with Crippen LogP contribution in [0.2, 0.25) is 0 Å². The molecule has 4 rings (SSSR count). The lowest BCUT2D eigenvalue weighted by atomic mass is 10.1. The van der Waals surface area contributed by atoms with Crippen molar-refractivity contribution in [3.8, 4) is 5.75 Å². The van der Waals surface area contributed by atoms with Crippen LogP contribution in [0.4, 0.5) is 5.82 Å². The van der Waals surface area contributed by atoms with Crippen molar-refractivity contribution in [1.82, 2.24) is 9.78 Å². The largest absolute Gasteiger partial charge is 0.489 e. The summed E-state index contributed by atoms with van der Waals surface area (Å²) in [6, 6.07) is 27.1. The van der Waals surface area contributed by atoms with Crippen LogP contribution in [0.25, 0.3) is 0 Å². The number of amides is 1. The summed E-state index contributed by atoms with van der Waals surface area (Å²) >= 11 is 3.41. The van der Waals surface area contributed by atoms with Gasteiger partial charge in [-0.05, 0) is 54.4 Å². The van der Waals surface area contributed by atoms with Gasteiger partial charge in [0.25, 0.3) is 5.91 Å². The number of nitrogens with one attached hydrogen (secondary N) is 1. The monoisotopic (exact) mass is 475 g/mol. The first-order chi connectivity index (χ1) is 15.1. The number of nitrogens with zero attached hydrogens (tertiary/aromatic N) is 2. The highest BCUT2D eigenvalue weighted by Crippen LogP contribution is 2.18. The van der Waals surface area contributed by atoms with Crippen molar-refractivity contribution >= 4 is 27.7 Å². The van der Waals surface area contributed by atoms with E-state index in [0.717, 1.165) is 27.0 Å². The van der Waals surface area contributed by atoms with Crippen LogP contribution in [-0.2, 0) is 13.2 Å². The molecule has 0 saturated carbocycles. The molecule has 5 nitrogen and oxygen atoms in total. The Bertz CT molecular complexity index is 1170. The highest BCUT2D eigenvalue weighted by molar-refractivity contribution is 9.10. The SMILES string of the molecule is Cc1cc(NC(=O)c2cccc(COc3ccc(Br)cc3)c2)nn1Cc1ccccc1. The van der Waals surface area contributed by atoms with Crippen LogP contribution >= 0.6 is 15.9 Å². The quantitative estimate of drug-likeness (QED) is 0.365. The highest BCUT2D eigenvalue weighted by atomic mass is 79.9. The Kier molecular flexibility index (Phi) is 6.48. The molecule has 0 unspecified atom stereocenters. The Labute approximate surface area is 189 Å². The Balaban J connectivity index is 1.40. The van der Waals surface area contributed by atoms with Crippen molar-refractivity contribution in [1.29, 1.82) is 0 Å². The molecule has 0 atom stereocenters. The molecule has 0 saturated heterocycles. The van der Waals surface area contributed by atoms with Gasteiger partial charge in [0.1, 0.15) is 12.4 Å². The second-order valence-corrected chi connectivity index (χ2v) is 8.13. The zero-order valence-corrected chi connectivity index (χ0v) is 18.7. The summed E-state index contributed by atoms with van der Waals surface area (Å²) in [6.45, 7) is 3.02. The van der Waals surface area contributed by atoms with E-state index in [0.29, 0.717) is 24.5 Å². The maximum Gasteiger partial charge on any atom is 0.256 e. The van der Waals surface area contributed by atoms with Gasteiger partial charge in [-0.1, -0.05) is 58.4 Å². The Morgan fingerprint density at radius 3 is 2.48 bits per heavy atom. The van der Waals surface area contributed by atoms with E-state index in [2.05, 4.69) is 38.5 Å². The van der Waals surface area contributed by atoms with Gasteiger partial charge in [-0.25, -0.2) is 0 Å². The minimum absolute atomic E-state index is 0.199. The second-order valence-electron chi connectivity index (χ2n) is 7.21. The number of rotatable bonds is 7. The zero-order chi connectivity index (χ0) is 21.6. The standard InChI is InChI=1S/C25H22BrN3O2/c1-18-14-24(28-29(18)16-19-6-3-2-4-7-19)27-25(30)21-9-5-8-20(15-21)17-31-23-12-10-22(26)11-13-23/h2-15H,16-17H2,1H3,(H,27,28,30). The van der Waals surface area contributed by atoms with Gasteiger partial charge >= 0.3 is 0 Å². The highest BCUT2D eigenvalue weighted by Gasteiger charge is 2.11. The van der Waals surface area contributed by atoms with Crippen molar-refractivity contribution < 1.29 is 9.53 Å². The molecule has 1 heterocycles. The topological polar surface area (TPSA) is 56.1 Å². The van der Waals surface area contributed by atoms with E-state index in [4.69, 9.17) is 4.74 Å². The fraction of sp³-hybridized carbons (Fsp3) is 0.120. The third-order valence-electron chi connectivity index (χ3n) is 4.81. The van der Waals surface area contributed by atoms with E-state index in [1.165, 1.54) is 0 Å². The van der Waals surface area contributed by atoms with Crippen molar-refractivity contribution in [2.24, 2.45) is 0 Å². The summed E-state index contributed by atoms with van der Waals surface area (Å²) < 4.78 is 8.69. The molecule has 0 bridgehead atoms. The molecule has 0 spiro atoms. The molecular weight excluding hydrogens is 454 g/mol. The summed E-state index contributed by atoms with van der Waals surface area (Å²) in [4.78, 5) is 12.8. The summed E-state index contributed by atoms with van der Waals surface area (Å²) in [7, 11) is 0. The fourth-order valence-corrected chi connectivity index (χ4v) is 3.44. The smallest absolute Gasteiger partial charge is 0.256 e. The van der Waals surface area contributed by atoms with E-state index in [1.807, 2.05) is 78.3 Å². The van der Waals surface area contributed by atoms with E-state index >= 15 is 0 Å². The summed E-state index contributed by atoms with van der Waals surface area (Å²) in [6.07, 6.45) is 0.